The van der Waals surface area contributed by atoms with Crippen molar-refractivity contribution >= 4 is 17.8 Å². The van der Waals surface area contributed by atoms with Crippen LogP contribution >= 0.6 is 0 Å². The quantitative estimate of drug-likeness (QED) is 0.624. The van der Waals surface area contributed by atoms with Gasteiger partial charge in [0.25, 0.3) is 5.91 Å². The number of rotatable bonds is 7. The molecule has 1 saturated heterocycles. The highest BCUT2D eigenvalue weighted by atomic mass is 16.5. The van der Waals surface area contributed by atoms with Crippen molar-refractivity contribution < 1.29 is 19.1 Å². The molecule has 2 aromatic heterocycles. The number of carbonyl (C=O) groups excluding carboxylic acids is 3. The summed E-state index contributed by atoms with van der Waals surface area (Å²) in [6, 6.07) is 5.51. The van der Waals surface area contributed by atoms with E-state index in [0.717, 1.165) is 5.69 Å². The number of piperidine rings is 1. The average molecular weight is 428 g/mol. The van der Waals surface area contributed by atoms with Crippen molar-refractivity contribution in [2.24, 2.45) is 5.92 Å². The molecule has 0 atom stereocenters. The molecule has 0 unspecified atom stereocenters. The van der Waals surface area contributed by atoms with E-state index < -0.39 is 0 Å². The zero-order chi connectivity index (χ0) is 22.4. The van der Waals surface area contributed by atoms with E-state index in [9.17, 15) is 14.4 Å². The molecule has 0 bridgehead atoms. The molecule has 0 aromatic carbocycles. The van der Waals surface area contributed by atoms with Crippen molar-refractivity contribution in [1.82, 2.24) is 24.6 Å². The molecule has 0 spiro atoms. The number of hydrogen-bond acceptors (Lipinski definition) is 6. The monoisotopic (exact) mass is 427 g/mol. The number of ether oxygens (including phenoxy) is 1. The highest BCUT2D eigenvalue weighted by molar-refractivity contribution is 5.97. The number of carbonyl (C=O) groups is 3. The lowest BCUT2D eigenvalue weighted by Gasteiger charge is -2.32. The van der Waals surface area contributed by atoms with Gasteiger partial charge in [-0.15, -0.1) is 0 Å². The van der Waals surface area contributed by atoms with E-state index in [2.05, 4.69) is 10.1 Å². The van der Waals surface area contributed by atoms with Crippen LogP contribution in [0.3, 0.4) is 0 Å². The molecule has 0 aliphatic carbocycles. The maximum atomic E-state index is 13.0. The van der Waals surface area contributed by atoms with Crippen molar-refractivity contribution in [1.29, 1.82) is 0 Å². The van der Waals surface area contributed by atoms with Crippen molar-refractivity contribution in [3.63, 3.8) is 0 Å². The summed E-state index contributed by atoms with van der Waals surface area (Å²) in [5.41, 5.74) is 1.21. The van der Waals surface area contributed by atoms with Gasteiger partial charge < -0.3 is 14.5 Å². The second-order valence-corrected chi connectivity index (χ2v) is 7.53. The van der Waals surface area contributed by atoms with Gasteiger partial charge in [-0.1, -0.05) is 13.0 Å². The van der Waals surface area contributed by atoms with E-state index in [0.29, 0.717) is 50.3 Å². The number of pyridine rings is 1. The normalized spacial score (nSPS) is 14.4. The van der Waals surface area contributed by atoms with Crippen LogP contribution in [-0.4, -0.2) is 75.6 Å². The van der Waals surface area contributed by atoms with Gasteiger partial charge in [0, 0.05) is 26.3 Å². The summed E-state index contributed by atoms with van der Waals surface area (Å²) in [5.74, 6) is -0.101. The Kier molecular flexibility index (Phi) is 7.38. The number of likely N-dealkylation sites (tertiary alicyclic amines) is 1. The molecule has 1 fully saturated rings. The summed E-state index contributed by atoms with van der Waals surface area (Å²) in [6.45, 7) is 5.05. The van der Waals surface area contributed by atoms with Crippen LogP contribution in [0, 0.1) is 5.92 Å². The molecule has 0 saturated carbocycles. The average Bonchev–Trinajstić information content (AvgIpc) is 3.23. The van der Waals surface area contributed by atoms with Gasteiger partial charge >= 0.3 is 5.97 Å². The number of aromatic nitrogens is 3. The largest absolute Gasteiger partial charge is 0.466 e. The summed E-state index contributed by atoms with van der Waals surface area (Å²) in [7, 11) is 1.61. The Morgan fingerprint density at radius 2 is 1.94 bits per heavy atom. The second-order valence-electron chi connectivity index (χ2n) is 7.53. The van der Waals surface area contributed by atoms with Crippen molar-refractivity contribution in [3.8, 4) is 5.82 Å². The third-order valence-electron chi connectivity index (χ3n) is 5.49. The van der Waals surface area contributed by atoms with Crippen LogP contribution in [-0.2, 0) is 20.7 Å². The Morgan fingerprint density at radius 3 is 2.55 bits per heavy atom. The smallest absolute Gasteiger partial charge is 0.309 e. The van der Waals surface area contributed by atoms with Crippen LogP contribution in [0.1, 0.15) is 42.7 Å². The molecule has 166 valence electrons. The number of nitrogens with zero attached hydrogens (tertiary/aromatic N) is 5. The Bertz CT molecular complexity index is 919. The molecule has 1 aliphatic rings. The van der Waals surface area contributed by atoms with Crippen LogP contribution in [0.25, 0.3) is 5.82 Å². The van der Waals surface area contributed by atoms with Crippen LogP contribution in [0.2, 0.25) is 0 Å². The predicted molar refractivity (Wildman–Crippen MR) is 114 cm³/mol. The molecule has 9 nitrogen and oxygen atoms in total. The van der Waals surface area contributed by atoms with Crippen LogP contribution in [0.15, 0.2) is 30.6 Å². The van der Waals surface area contributed by atoms with E-state index in [1.54, 1.807) is 29.7 Å². The highest BCUT2D eigenvalue weighted by Gasteiger charge is 2.29. The minimum Gasteiger partial charge on any atom is -0.466 e. The van der Waals surface area contributed by atoms with Gasteiger partial charge in [0.15, 0.2) is 5.82 Å². The van der Waals surface area contributed by atoms with Gasteiger partial charge in [-0.2, -0.15) is 5.10 Å². The van der Waals surface area contributed by atoms with Gasteiger partial charge in [-0.05, 0) is 38.3 Å². The molecule has 2 amide bonds. The fraction of sp³-hybridized carbons (Fsp3) is 0.500. The van der Waals surface area contributed by atoms with Gasteiger partial charge in [-0.25, -0.2) is 9.67 Å². The van der Waals surface area contributed by atoms with Gasteiger partial charge in [0.1, 0.15) is 0 Å². The summed E-state index contributed by atoms with van der Waals surface area (Å²) in [5, 5.41) is 4.34. The first-order chi connectivity index (χ1) is 15.0. The van der Waals surface area contributed by atoms with Crippen LogP contribution in [0.5, 0.6) is 0 Å². The highest BCUT2D eigenvalue weighted by Crippen LogP contribution is 2.20. The Hall–Kier alpha value is -3.23. The maximum Gasteiger partial charge on any atom is 0.309 e. The fourth-order valence-electron chi connectivity index (χ4n) is 3.77. The van der Waals surface area contributed by atoms with E-state index in [-0.39, 0.29) is 30.2 Å². The Morgan fingerprint density at radius 1 is 1.19 bits per heavy atom. The SMILES string of the molecule is CCOC(=O)C1CCN(C(=O)CN(C)C(=O)c2cnn(-c3ccccn3)c2CC)CC1. The predicted octanol–water partition coefficient (Wildman–Crippen LogP) is 1.70. The van der Waals surface area contributed by atoms with E-state index in [4.69, 9.17) is 4.74 Å². The molecule has 9 heteroatoms. The van der Waals surface area contributed by atoms with Gasteiger partial charge in [0.2, 0.25) is 5.91 Å². The van der Waals surface area contributed by atoms with E-state index in [1.165, 1.54) is 11.1 Å². The molecule has 3 rings (SSSR count). The minimum atomic E-state index is -0.256. The van der Waals surface area contributed by atoms with E-state index >= 15 is 0 Å². The zero-order valence-corrected chi connectivity index (χ0v) is 18.3. The summed E-state index contributed by atoms with van der Waals surface area (Å²) in [4.78, 5) is 45.0. The van der Waals surface area contributed by atoms with Gasteiger partial charge in [-0.3, -0.25) is 14.4 Å². The number of hydrogen-bond donors (Lipinski definition) is 0. The lowest BCUT2D eigenvalue weighted by Crippen LogP contribution is -2.45. The first kappa shape index (κ1) is 22.5. The third-order valence-corrected chi connectivity index (χ3v) is 5.49. The standard InChI is InChI=1S/C22H29N5O4/c1-4-18-17(14-24-27(18)19-8-6-7-11-23-19)21(29)25(3)15-20(28)26-12-9-16(10-13-26)22(30)31-5-2/h6-8,11,14,16H,4-5,9-10,12-13,15H2,1-3H3. The molecular weight excluding hydrogens is 398 g/mol. The Labute approximate surface area is 182 Å². The lowest BCUT2D eigenvalue weighted by atomic mass is 9.97. The molecule has 0 N–H and O–H groups in total. The number of likely N-dealkylation sites (N-methyl/N-ethyl adjacent to an activating group) is 1. The number of amides is 2. The summed E-state index contributed by atoms with van der Waals surface area (Å²) >= 11 is 0. The fourth-order valence-corrected chi connectivity index (χ4v) is 3.77. The molecule has 1 aliphatic heterocycles. The first-order valence-corrected chi connectivity index (χ1v) is 10.6. The van der Waals surface area contributed by atoms with E-state index in [1.807, 2.05) is 25.1 Å². The zero-order valence-electron chi connectivity index (χ0n) is 18.3. The van der Waals surface area contributed by atoms with Crippen molar-refractivity contribution in [3.05, 3.63) is 41.9 Å². The molecular formula is C22H29N5O4. The first-order valence-electron chi connectivity index (χ1n) is 10.6. The summed E-state index contributed by atoms with van der Waals surface area (Å²) in [6.07, 6.45) is 4.97. The van der Waals surface area contributed by atoms with Crippen LogP contribution < -0.4 is 0 Å². The molecule has 0 radical (unpaired) electrons. The minimum absolute atomic E-state index is 0.0270. The van der Waals surface area contributed by atoms with Crippen molar-refractivity contribution in [2.45, 2.75) is 33.1 Å². The topological polar surface area (TPSA) is 97.6 Å². The van der Waals surface area contributed by atoms with Crippen LogP contribution in [0.4, 0.5) is 0 Å². The number of esters is 1. The molecule has 3 heterocycles. The van der Waals surface area contributed by atoms with Crippen molar-refractivity contribution in [2.75, 3.05) is 33.3 Å². The summed E-state index contributed by atoms with van der Waals surface area (Å²) < 4.78 is 6.73. The Balaban J connectivity index is 1.62. The lowest BCUT2D eigenvalue weighted by molar-refractivity contribution is -0.151. The molecule has 2 aromatic rings. The second kappa shape index (κ2) is 10.2. The molecule has 31 heavy (non-hydrogen) atoms. The van der Waals surface area contributed by atoms with Gasteiger partial charge in [0.05, 0.1) is 36.5 Å². The maximum absolute atomic E-state index is 13.0. The third kappa shape index (κ3) is 5.10.